The van der Waals surface area contributed by atoms with Gasteiger partial charge < -0.3 is 15.5 Å². The molecule has 3 aromatic rings. The molecular formula is C20H19NO3. The van der Waals surface area contributed by atoms with Crippen molar-refractivity contribution in [2.45, 2.75) is 12.1 Å². The second-order valence-electron chi connectivity index (χ2n) is 5.66. The van der Waals surface area contributed by atoms with Gasteiger partial charge in [-0.3, -0.25) is 4.79 Å². The van der Waals surface area contributed by atoms with Gasteiger partial charge in [-0.15, -0.1) is 0 Å². The number of benzene rings is 3. The fraction of sp³-hybridized carbons (Fsp3) is 0.150. The molecule has 0 aliphatic rings. The highest BCUT2D eigenvalue weighted by Crippen LogP contribution is 2.21. The molecule has 0 radical (unpaired) electrons. The van der Waals surface area contributed by atoms with Crippen LogP contribution < -0.4 is 5.32 Å². The zero-order chi connectivity index (χ0) is 16.9. The van der Waals surface area contributed by atoms with Gasteiger partial charge in [0, 0.05) is 0 Å². The van der Waals surface area contributed by atoms with Crippen molar-refractivity contribution in [1.82, 2.24) is 5.32 Å². The summed E-state index contributed by atoms with van der Waals surface area (Å²) in [6, 6.07) is 21.8. The van der Waals surface area contributed by atoms with Gasteiger partial charge in [-0.05, 0) is 28.0 Å². The molecule has 3 aromatic carbocycles. The fourth-order valence-corrected chi connectivity index (χ4v) is 2.70. The third-order valence-corrected chi connectivity index (χ3v) is 4.04. The summed E-state index contributed by atoms with van der Waals surface area (Å²) in [6.07, 6.45) is -1.26. The highest BCUT2D eigenvalue weighted by Gasteiger charge is 2.21. The Morgan fingerprint density at radius 3 is 2.25 bits per heavy atom. The number of hydrogen-bond acceptors (Lipinski definition) is 3. The van der Waals surface area contributed by atoms with Gasteiger partial charge in [-0.25, -0.2) is 0 Å². The number of fused-ring (bicyclic) bond motifs is 1. The van der Waals surface area contributed by atoms with Crippen molar-refractivity contribution in [3.63, 3.8) is 0 Å². The van der Waals surface area contributed by atoms with Gasteiger partial charge in [-0.2, -0.15) is 0 Å². The SMILES string of the molecule is O=C(N[C@@H](CO)c1ccc2ccccc2c1)[C@@H](O)c1ccccc1. The number of rotatable bonds is 5. The molecule has 3 rings (SSSR count). The topological polar surface area (TPSA) is 69.6 Å². The van der Waals surface area contributed by atoms with Gasteiger partial charge in [0.15, 0.2) is 6.10 Å². The van der Waals surface area contributed by atoms with Gasteiger partial charge in [0.05, 0.1) is 12.6 Å². The van der Waals surface area contributed by atoms with E-state index in [2.05, 4.69) is 5.32 Å². The van der Waals surface area contributed by atoms with Crippen LogP contribution >= 0.6 is 0 Å². The van der Waals surface area contributed by atoms with Gasteiger partial charge in [0.25, 0.3) is 5.91 Å². The first-order valence-corrected chi connectivity index (χ1v) is 7.82. The van der Waals surface area contributed by atoms with E-state index in [-0.39, 0.29) is 6.61 Å². The second-order valence-corrected chi connectivity index (χ2v) is 5.66. The molecule has 0 unspecified atom stereocenters. The largest absolute Gasteiger partial charge is 0.394 e. The van der Waals surface area contributed by atoms with E-state index in [1.54, 1.807) is 24.3 Å². The van der Waals surface area contributed by atoms with Crippen LogP contribution in [0.25, 0.3) is 10.8 Å². The molecule has 2 atom stereocenters. The van der Waals surface area contributed by atoms with E-state index < -0.39 is 18.1 Å². The predicted molar refractivity (Wildman–Crippen MR) is 93.3 cm³/mol. The van der Waals surface area contributed by atoms with Gasteiger partial charge in [0.1, 0.15) is 0 Å². The maximum atomic E-state index is 12.3. The van der Waals surface area contributed by atoms with Crippen LogP contribution in [0, 0.1) is 0 Å². The molecule has 0 aliphatic carbocycles. The lowest BCUT2D eigenvalue weighted by Crippen LogP contribution is -2.34. The van der Waals surface area contributed by atoms with Crippen molar-refractivity contribution in [1.29, 1.82) is 0 Å². The van der Waals surface area contributed by atoms with Crippen LogP contribution in [0.3, 0.4) is 0 Å². The molecule has 0 saturated heterocycles. The summed E-state index contributed by atoms with van der Waals surface area (Å²) in [5, 5.41) is 24.6. The summed E-state index contributed by atoms with van der Waals surface area (Å²) in [7, 11) is 0. The summed E-state index contributed by atoms with van der Waals surface area (Å²) in [4.78, 5) is 12.3. The maximum absolute atomic E-state index is 12.3. The summed E-state index contributed by atoms with van der Waals surface area (Å²) < 4.78 is 0. The van der Waals surface area contributed by atoms with Crippen LogP contribution in [0.1, 0.15) is 23.3 Å². The molecule has 0 aliphatic heterocycles. The molecule has 0 spiro atoms. The number of aliphatic hydroxyl groups excluding tert-OH is 2. The monoisotopic (exact) mass is 321 g/mol. The molecule has 0 saturated carbocycles. The molecule has 4 nitrogen and oxygen atoms in total. The summed E-state index contributed by atoms with van der Waals surface area (Å²) in [6.45, 7) is -0.244. The molecule has 4 heteroatoms. The molecule has 0 heterocycles. The first kappa shape index (κ1) is 16.2. The Hall–Kier alpha value is -2.69. The maximum Gasteiger partial charge on any atom is 0.254 e. The Balaban J connectivity index is 1.79. The second kappa shape index (κ2) is 7.25. The Morgan fingerprint density at radius 1 is 0.875 bits per heavy atom. The zero-order valence-electron chi connectivity index (χ0n) is 13.1. The van der Waals surface area contributed by atoms with Crippen LogP contribution in [0.5, 0.6) is 0 Å². The number of aliphatic hydroxyl groups is 2. The Kier molecular flexibility index (Phi) is 4.89. The average Bonchev–Trinajstić information content (AvgIpc) is 2.65. The Bertz CT molecular complexity index is 832. The minimum Gasteiger partial charge on any atom is -0.394 e. The standard InChI is InChI=1S/C20H19NO3/c22-13-18(17-11-10-14-6-4-5-9-16(14)12-17)21-20(24)19(23)15-7-2-1-3-8-15/h1-12,18-19,22-23H,13H2,(H,21,24)/t18-,19-/m0/s1. The van der Waals surface area contributed by atoms with Gasteiger partial charge in [-0.1, -0.05) is 66.7 Å². The number of carbonyl (C=O) groups excluding carboxylic acids is 1. The van der Waals surface area contributed by atoms with E-state index in [4.69, 9.17) is 0 Å². The molecule has 24 heavy (non-hydrogen) atoms. The van der Waals surface area contributed by atoms with Crippen LogP contribution in [0.4, 0.5) is 0 Å². The highest BCUT2D eigenvalue weighted by atomic mass is 16.3. The normalized spacial score (nSPS) is 13.4. The fourth-order valence-electron chi connectivity index (χ4n) is 2.70. The molecule has 3 N–H and O–H groups in total. The van der Waals surface area contributed by atoms with Crippen molar-refractivity contribution >= 4 is 16.7 Å². The van der Waals surface area contributed by atoms with Crippen LogP contribution in [0.2, 0.25) is 0 Å². The molecule has 122 valence electrons. The Labute approximate surface area is 140 Å². The summed E-state index contributed by atoms with van der Waals surface area (Å²) in [5.41, 5.74) is 1.31. The molecule has 1 amide bonds. The summed E-state index contributed by atoms with van der Waals surface area (Å²) >= 11 is 0. The summed E-state index contributed by atoms with van der Waals surface area (Å²) in [5.74, 6) is -0.534. The van der Waals surface area contributed by atoms with E-state index in [0.29, 0.717) is 5.56 Å². The predicted octanol–water partition coefficient (Wildman–Crippen LogP) is 2.72. The lowest BCUT2D eigenvalue weighted by atomic mass is 10.0. The number of hydrogen-bond donors (Lipinski definition) is 3. The number of carbonyl (C=O) groups is 1. The lowest BCUT2D eigenvalue weighted by molar-refractivity contribution is -0.130. The van der Waals surface area contributed by atoms with Crippen molar-refractivity contribution in [2.75, 3.05) is 6.61 Å². The van der Waals surface area contributed by atoms with Crippen molar-refractivity contribution < 1.29 is 15.0 Å². The third kappa shape index (κ3) is 3.45. The van der Waals surface area contributed by atoms with Gasteiger partial charge >= 0.3 is 0 Å². The number of nitrogens with one attached hydrogen (secondary N) is 1. The van der Waals surface area contributed by atoms with Crippen LogP contribution in [-0.4, -0.2) is 22.7 Å². The van der Waals surface area contributed by atoms with Crippen molar-refractivity contribution in [2.24, 2.45) is 0 Å². The smallest absolute Gasteiger partial charge is 0.254 e. The molecule has 0 bridgehead atoms. The average molecular weight is 321 g/mol. The zero-order valence-corrected chi connectivity index (χ0v) is 13.1. The first-order chi connectivity index (χ1) is 11.7. The molecular weight excluding hydrogens is 302 g/mol. The number of amides is 1. The minimum atomic E-state index is -1.26. The van der Waals surface area contributed by atoms with E-state index in [1.807, 2.05) is 48.5 Å². The van der Waals surface area contributed by atoms with Crippen LogP contribution in [0.15, 0.2) is 72.8 Å². The van der Waals surface area contributed by atoms with Crippen molar-refractivity contribution in [3.8, 4) is 0 Å². The first-order valence-electron chi connectivity index (χ1n) is 7.82. The van der Waals surface area contributed by atoms with Crippen molar-refractivity contribution in [3.05, 3.63) is 83.9 Å². The Morgan fingerprint density at radius 2 is 1.54 bits per heavy atom. The van der Waals surface area contributed by atoms with E-state index in [1.165, 1.54) is 0 Å². The van der Waals surface area contributed by atoms with E-state index >= 15 is 0 Å². The quantitative estimate of drug-likeness (QED) is 0.677. The molecule has 0 fully saturated rings. The van der Waals surface area contributed by atoms with E-state index in [0.717, 1.165) is 16.3 Å². The lowest BCUT2D eigenvalue weighted by Gasteiger charge is -2.20. The van der Waals surface area contributed by atoms with Crippen LogP contribution in [-0.2, 0) is 4.79 Å². The van der Waals surface area contributed by atoms with Gasteiger partial charge in [0.2, 0.25) is 0 Å². The molecule has 0 aromatic heterocycles. The minimum absolute atomic E-state index is 0.244. The third-order valence-electron chi connectivity index (χ3n) is 4.04. The van der Waals surface area contributed by atoms with E-state index in [9.17, 15) is 15.0 Å². The highest BCUT2D eigenvalue weighted by molar-refractivity contribution is 5.84.